The standard InChI is InChI=1S/C24H23N3O3S/c25-21(28)20-17-12-7-13-19(17)31-24(20)27-23(30)18(14-15-8-3-1-4-9-15)26-22(29)16-10-5-2-6-11-16/h1-6,8-11,18H,7,12-14H2,(H2,25,28)(H,26,29)(H,27,30)/t18-/m0/s1. The van der Waals surface area contributed by atoms with E-state index in [1.54, 1.807) is 24.3 Å². The Labute approximate surface area is 184 Å². The minimum Gasteiger partial charge on any atom is -0.365 e. The topological polar surface area (TPSA) is 101 Å². The molecule has 1 aliphatic carbocycles. The van der Waals surface area contributed by atoms with Crippen LogP contribution in [0.2, 0.25) is 0 Å². The van der Waals surface area contributed by atoms with Gasteiger partial charge in [0.1, 0.15) is 11.0 Å². The number of carbonyl (C=O) groups is 3. The molecule has 1 atom stereocenters. The molecule has 2 aromatic carbocycles. The maximum absolute atomic E-state index is 13.2. The average Bonchev–Trinajstić information content (AvgIpc) is 3.35. The smallest absolute Gasteiger partial charge is 0.251 e. The van der Waals surface area contributed by atoms with Crippen LogP contribution in [0.15, 0.2) is 60.7 Å². The summed E-state index contributed by atoms with van der Waals surface area (Å²) in [6.07, 6.45) is 2.98. The number of nitrogens with two attached hydrogens (primary N) is 1. The van der Waals surface area contributed by atoms with E-state index in [9.17, 15) is 14.4 Å². The SMILES string of the molecule is NC(=O)c1c(NC(=O)[C@H](Cc2ccccc2)NC(=O)c2ccccc2)sc2c1CCC2. The van der Waals surface area contributed by atoms with Gasteiger partial charge in [-0.25, -0.2) is 0 Å². The van der Waals surface area contributed by atoms with Crippen LogP contribution in [0.25, 0.3) is 0 Å². The molecule has 0 spiro atoms. The van der Waals surface area contributed by atoms with Crippen LogP contribution >= 0.6 is 11.3 Å². The van der Waals surface area contributed by atoms with Gasteiger partial charge in [0.15, 0.2) is 0 Å². The molecule has 7 heteroatoms. The van der Waals surface area contributed by atoms with Crippen LogP contribution < -0.4 is 16.4 Å². The van der Waals surface area contributed by atoms with Gasteiger partial charge in [-0.1, -0.05) is 48.5 Å². The molecule has 0 fully saturated rings. The fourth-order valence-electron chi connectivity index (χ4n) is 3.84. The summed E-state index contributed by atoms with van der Waals surface area (Å²) < 4.78 is 0. The van der Waals surface area contributed by atoms with Crippen molar-refractivity contribution >= 4 is 34.1 Å². The number of hydrogen-bond acceptors (Lipinski definition) is 4. The quantitative estimate of drug-likeness (QED) is 0.533. The number of primary amides is 1. The first-order chi connectivity index (χ1) is 15.0. The molecule has 0 unspecified atom stereocenters. The first-order valence-electron chi connectivity index (χ1n) is 10.2. The van der Waals surface area contributed by atoms with Gasteiger partial charge in [-0.2, -0.15) is 0 Å². The summed E-state index contributed by atoms with van der Waals surface area (Å²) >= 11 is 1.40. The number of carbonyl (C=O) groups excluding carboxylic acids is 3. The van der Waals surface area contributed by atoms with E-state index >= 15 is 0 Å². The van der Waals surface area contributed by atoms with E-state index < -0.39 is 11.9 Å². The molecule has 31 heavy (non-hydrogen) atoms. The van der Waals surface area contributed by atoms with Crippen LogP contribution in [0.4, 0.5) is 5.00 Å². The lowest BCUT2D eigenvalue weighted by atomic mass is 10.0. The molecule has 1 aliphatic rings. The molecule has 0 aliphatic heterocycles. The van der Waals surface area contributed by atoms with Crippen molar-refractivity contribution in [3.8, 4) is 0 Å². The molecular formula is C24H23N3O3S. The molecule has 4 rings (SSSR count). The summed E-state index contributed by atoms with van der Waals surface area (Å²) in [6.45, 7) is 0. The Kier molecular flexibility index (Phi) is 6.13. The van der Waals surface area contributed by atoms with Crippen molar-refractivity contribution in [1.29, 1.82) is 0 Å². The number of nitrogens with one attached hydrogen (secondary N) is 2. The summed E-state index contributed by atoms with van der Waals surface area (Å²) in [6, 6.07) is 17.4. The van der Waals surface area contributed by atoms with Gasteiger partial charge >= 0.3 is 0 Å². The van der Waals surface area contributed by atoms with Gasteiger partial charge in [-0.15, -0.1) is 11.3 Å². The highest BCUT2D eigenvalue weighted by atomic mass is 32.1. The monoisotopic (exact) mass is 433 g/mol. The maximum Gasteiger partial charge on any atom is 0.251 e. The highest BCUT2D eigenvalue weighted by molar-refractivity contribution is 7.17. The van der Waals surface area contributed by atoms with Crippen molar-refractivity contribution in [3.63, 3.8) is 0 Å². The summed E-state index contributed by atoms with van der Waals surface area (Å²) in [7, 11) is 0. The molecule has 0 bridgehead atoms. The van der Waals surface area contributed by atoms with E-state index in [0.29, 0.717) is 22.5 Å². The zero-order valence-electron chi connectivity index (χ0n) is 16.9. The van der Waals surface area contributed by atoms with Crippen LogP contribution in [0, 0.1) is 0 Å². The van der Waals surface area contributed by atoms with Gasteiger partial charge in [0.2, 0.25) is 5.91 Å². The van der Waals surface area contributed by atoms with Crippen LogP contribution in [-0.4, -0.2) is 23.8 Å². The summed E-state index contributed by atoms with van der Waals surface area (Å²) in [4.78, 5) is 39.1. The van der Waals surface area contributed by atoms with Crippen molar-refractivity contribution in [2.24, 2.45) is 5.73 Å². The number of hydrogen-bond donors (Lipinski definition) is 3. The maximum atomic E-state index is 13.2. The van der Waals surface area contributed by atoms with Gasteiger partial charge in [-0.05, 0) is 42.5 Å². The second-order valence-corrected chi connectivity index (χ2v) is 8.60. The number of benzene rings is 2. The molecule has 4 N–H and O–H groups in total. The molecule has 1 heterocycles. The van der Waals surface area contributed by atoms with E-state index in [1.807, 2.05) is 36.4 Å². The third-order valence-electron chi connectivity index (χ3n) is 5.34. The predicted octanol–water partition coefficient (Wildman–Crippen LogP) is 3.32. The van der Waals surface area contributed by atoms with Crippen LogP contribution in [0.5, 0.6) is 0 Å². The number of fused-ring (bicyclic) bond motifs is 1. The van der Waals surface area contributed by atoms with Gasteiger partial charge in [0.05, 0.1) is 5.56 Å². The molecule has 0 saturated heterocycles. The van der Waals surface area contributed by atoms with Crippen molar-refractivity contribution in [2.45, 2.75) is 31.7 Å². The molecule has 3 aromatic rings. The van der Waals surface area contributed by atoms with Crippen LogP contribution in [-0.2, 0) is 24.1 Å². The number of rotatable bonds is 7. The largest absolute Gasteiger partial charge is 0.365 e. The zero-order valence-corrected chi connectivity index (χ0v) is 17.7. The number of amides is 3. The van der Waals surface area contributed by atoms with Crippen molar-refractivity contribution < 1.29 is 14.4 Å². The first kappa shape index (κ1) is 20.8. The number of aryl methyl sites for hydroxylation is 1. The highest BCUT2D eigenvalue weighted by Gasteiger charge is 2.28. The Balaban J connectivity index is 1.58. The second kappa shape index (κ2) is 9.14. The minimum absolute atomic E-state index is 0.322. The summed E-state index contributed by atoms with van der Waals surface area (Å²) in [5.74, 6) is -1.25. The lowest BCUT2D eigenvalue weighted by Gasteiger charge is -2.19. The van der Waals surface area contributed by atoms with E-state index in [2.05, 4.69) is 10.6 Å². The third kappa shape index (κ3) is 4.67. The minimum atomic E-state index is -0.812. The lowest BCUT2D eigenvalue weighted by molar-refractivity contribution is -0.117. The van der Waals surface area contributed by atoms with E-state index in [-0.39, 0.29) is 11.8 Å². The normalized spacial score (nSPS) is 13.3. The average molecular weight is 434 g/mol. The highest BCUT2D eigenvalue weighted by Crippen LogP contribution is 2.38. The summed E-state index contributed by atoms with van der Waals surface area (Å²) in [5, 5.41) is 6.17. The van der Waals surface area contributed by atoms with E-state index in [1.165, 1.54) is 11.3 Å². The third-order valence-corrected chi connectivity index (χ3v) is 6.55. The fourth-order valence-corrected chi connectivity index (χ4v) is 5.14. The number of thiophene rings is 1. The van der Waals surface area contributed by atoms with Crippen molar-refractivity contribution in [3.05, 3.63) is 87.8 Å². The molecule has 1 aromatic heterocycles. The van der Waals surface area contributed by atoms with Crippen LogP contribution in [0.1, 0.15) is 43.1 Å². The molecule has 3 amide bonds. The predicted molar refractivity (Wildman–Crippen MR) is 121 cm³/mol. The Morgan fingerprint density at radius 1 is 0.968 bits per heavy atom. The van der Waals surface area contributed by atoms with Gasteiger partial charge < -0.3 is 16.4 Å². The number of anilines is 1. The van der Waals surface area contributed by atoms with Gasteiger partial charge in [-0.3, -0.25) is 14.4 Å². The molecule has 6 nitrogen and oxygen atoms in total. The lowest BCUT2D eigenvalue weighted by Crippen LogP contribution is -2.45. The fraction of sp³-hybridized carbons (Fsp3) is 0.208. The molecule has 0 saturated carbocycles. The Bertz CT molecular complexity index is 1110. The molecular weight excluding hydrogens is 410 g/mol. The molecule has 158 valence electrons. The zero-order chi connectivity index (χ0) is 21.8. The Hall–Kier alpha value is -3.45. The van der Waals surface area contributed by atoms with Crippen molar-refractivity contribution in [2.75, 3.05) is 5.32 Å². The Morgan fingerprint density at radius 3 is 2.32 bits per heavy atom. The molecule has 0 radical (unpaired) electrons. The van der Waals surface area contributed by atoms with Gasteiger partial charge in [0.25, 0.3) is 11.8 Å². The second-order valence-electron chi connectivity index (χ2n) is 7.50. The Morgan fingerprint density at radius 2 is 1.65 bits per heavy atom. The van der Waals surface area contributed by atoms with E-state index in [4.69, 9.17) is 5.73 Å². The van der Waals surface area contributed by atoms with Crippen LogP contribution in [0.3, 0.4) is 0 Å². The van der Waals surface area contributed by atoms with Crippen molar-refractivity contribution in [1.82, 2.24) is 5.32 Å². The van der Waals surface area contributed by atoms with Gasteiger partial charge in [0, 0.05) is 16.9 Å². The van der Waals surface area contributed by atoms with E-state index in [0.717, 1.165) is 35.3 Å². The first-order valence-corrected chi connectivity index (χ1v) is 11.0. The summed E-state index contributed by atoms with van der Waals surface area (Å²) in [5.41, 5.74) is 8.35.